The molecule has 0 aromatic carbocycles. The fourth-order valence-electron chi connectivity index (χ4n) is 4.60. The highest BCUT2D eigenvalue weighted by atomic mass is 16.5. The molecule has 0 aromatic heterocycles. The van der Waals surface area contributed by atoms with Crippen LogP contribution in [0.15, 0.2) is 0 Å². The first kappa shape index (κ1) is 15.8. The molecule has 3 fully saturated rings. The summed E-state index contributed by atoms with van der Waals surface area (Å²) in [7, 11) is 0. The monoisotopic (exact) mass is 294 g/mol. The van der Waals surface area contributed by atoms with E-state index in [1.165, 1.54) is 77.4 Å². The van der Waals surface area contributed by atoms with Gasteiger partial charge in [0, 0.05) is 38.3 Å². The fraction of sp³-hybridized carbons (Fsp3) is 1.00. The maximum absolute atomic E-state index is 5.84. The predicted octanol–water partition coefficient (Wildman–Crippen LogP) is 3.19. The first-order chi connectivity index (χ1) is 10.4. The van der Waals surface area contributed by atoms with Gasteiger partial charge in [-0.25, -0.2) is 0 Å². The molecule has 0 spiro atoms. The second kappa shape index (κ2) is 7.94. The zero-order chi connectivity index (χ0) is 14.5. The summed E-state index contributed by atoms with van der Waals surface area (Å²) in [5.74, 6) is 0.938. The average molecular weight is 294 g/mol. The van der Waals surface area contributed by atoms with Gasteiger partial charge in [-0.1, -0.05) is 26.2 Å². The third kappa shape index (κ3) is 4.20. The summed E-state index contributed by atoms with van der Waals surface area (Å²) in [6, 6.07) is 1.49. The van der Waals surface area contributed by atoms with Gasteiger partial charge in [0.25, 0.3) is 0 Å². The predicted molar refractivity (Wildman–Crippen MR) is 87.6 cm³/mol. The second-order valence-electron chi connectivity index (χ2n) is 7.40. The minimum absolute atomic E-state index is 0.548. The lowest BCUT2D eigenvalue weighted by Crippen LogP contribution is -2.59. The van der Waals surface area contributed by atoms with Gasteiger partial charge >= 0.3 is 0 Å². The minimum Gasteiger partial charge on any atom is -0.378 e. The van der Waals surface area contributed by atoms with E-state index in [1.807, 2.05) is 0 Å². The Kier molecular flexibility index (Phi) is 5.96. The van der Waals surface area contributed by atoms with Crippen molar-refractivity contribution in [1.82, 2.24) is 10.2 Å². The van der Waals surface area contributed by atoms with Gasteiger partial charge in [-0.05, 0) is 44.4 Å². The maximum Gasteiger partial charge on any atom is 0.0588 e. The van der Waals surface area contributed by atoms with E-state index >= 15 is 0 Å². The molecule has 2 aliphatic heterocycles. The summed E-state index contributed by atoms with van der Waals surface area (Å²) in [5, 5.41) is 3.80. The largest absolute Gasteiger partial charge is 0.378 e. The molecule has 3 nitrogen and oxygen atoms in total. The van der Waals surface area contributed by atoms with Crippen LogP contribution in [0, 0.1) is 5.92 Å². The summed E-state index contributed by atoms with van der Waals surface area (Å²) in [6.07, 6.45) is 12.9. The number of piperazine rings is 1. The lowest BCUT2D eigenvalue weighted by Gasteiger charge is -2.45. The Bertz CT molecular complexity index is 298. The quantitative estimate of drug-likeness (QED) is 0.843. The molecule has 1 N–H and O–H groups in total. The second-order valence-corrected chi connectivity index (χ2v) is 7.40. The van der Waals surface area contributed by atoms with Crippen molar-refractivity contribution < 1.29 is 4.74 Å². The number of hydrogen-bond donors (Lipinski definition) is 1. The molecule has 2 heterocycles. The van der Waals surface area contributed by atoms with Crippen molar-refractivity contribution >= 4 is 0 Å². The summed E-state index contributed by atoms with van der Waals surface area (Å²) in [6.45, 7) is 7.04. The third-order valence-electron chi connectivity index (χ3n) is 5.99. The number of hydrogen-bond acceptors (Lipinski definition) is 3. The van der Waals surface area contributed by atoms with Gasteiger partial charge in [0.15, 0.2) is 0 Å². The Morgan fingerprint density at radius 3 is 2.67 bits per heavy atom. The Hall–Kier alpha value is -0.120. The summed E-state index contributed by atoms with van der Waals surface area (Å²) >= 11 is 0. The molecule has 0 radical (unpaired) electrons. The lowest BCUT2D eigenvalue weighted by atomic mass is 9.82. The molecule has 3 atom stereocenters. The zero-order valence-electron chi connectivity index (χ0n) is 13.9. The molecule has 2 saturated heterocycles. The van der Waals surface area contributed by atoms with Crippen molar-refractivity contribution in [3.05, 3.63) is 0 Å². The van der Waals surface area contributed by atoms with Crippen molar-refractivity contribution in [3.8, 4) is 0 Å². The van der Waals surface area contributed by atoms with E-state index in [9.17, 15) is 0 Å². The SMILES string of the molecule is CCC1CN(CCC2CCCO2)C(C2CCCCC2)CN1. The molecule has 0 aromatic rings. The van der Waals surface area contributed by atoms with Gasteiger partial charge in [-0.3, -0.25) is 4.90 Å². The topological polar surface area (TPSA) is 24.5 Å². The highest BCUT2D eigenvalue weighted by Gasteiger charge is 2.33. The molecule has 1 saturated carbocycles. The van der Waals surface area contributed by atoms with Crippen molar-refractivity contribution in [2.24, 2.45) is 5.92 Å². The van der Waals surface area contributed by atoms with Gasteiger partial charge in [-0.15, -0.1) is 0 Å². The van der Waals surface area contributed by atoms with Crippen LogP contribution in [-0.4, -0.2) is 49.3 Å². The molecular weight excluding hydrogens is 260 g/mol. The van der Waals surface area contributed by atoms with E-state index in [-0.39, 0.29) is 0 Å². The highest BCUT2D eigenvalue weighted by Crippen LogP contribution is 2.31. The van der Waals surface area contributed by atoms with Crippen LogP contribution in [0.2, 0.25) is 0 Å². The van der Waals surface area contributed by atoms with Crippen molar-refractivity contribution in [2.75, 3.05) is 26.2 Å². The summed E-state index contributed by atoms with van der Waals surface area (Å²) in [5.41, 5.74) is 0. The molecule has 0 bridgehead atoms. The Morgan fingerprint density at radius 1 is 1.10 bits per heavy atom. The van der Waals surface area contributed by atoms with Gasteiger partial charge in [0.05, 0.1) is 6.10 Å². The molecule has 3 aliphatic rings. The molecular formula is C18H34N2O. The van der Waals surface area contributed by atoms with Crippen LogP contribution in [0.4, 0.5) is 0 Å². The molecule has 0 amide bonds. The number of nitrogens with one attached hydrogen (secondary N) is 1. The van der Waals surface area contributed by atoms with Crippen molar-refractivity contribution in [3.63, 3.8) is 0 Å². The van der Waals surface area contributed by atoms with Crippen LogP contribution in [-0.2, 0) is 4.74 Å². The fourth-order valence-corrected chi connectivity index (χ4v) is 4.60. The summed E-state index contributed by atoms with van der Waals surface area (Å²) in [4.78, 5) is 2.82. The van der Waals surface area contributed by atoms with Crippen LogP contribution in [0.3, 0.4) is 0 Å². The van der Waals surface area contributed by atoms with Gasteiger partial charge < -0.3 is 10.1 Å². The Balaban J connectivity index is 1.55. The molecule has 1 aliphatic carbocycles. The lowest BCUT2D eigenvalue weighted by molar-refractivity contribution is 0.0448. The van der Waals surface area contributed by atoms with Gasteiger partial charge in [0.1, 0.15) is 0 Å². The Labute approximate surface area is 130 Å². The van der Waals surface area contributed by atoms with Crippen LogP contribution < -0.4 is 5.32 Å². The molecule has 3 heteroatoms. The molecule has 3 rings (SSSR count). The number of ether oxygens (including phenoxy) is 1. The van der Waals surface area contributed by atoms with Crippen LogP contribution >= 0.6 is 0 Å². The van der Waals surface area contributed by atoms with E-state index in [4.69, 9.17) is 4.74 Å². The van der Waals surface area contributed by atoms with Crippen LogP contribution in [0.1, 0.15) is 64.7 Å². The standard InChI is InChI=1S/C18H34N2O/c1-2-16-14-20(11-10-17-9-6-12-21-17)18(13-19-16)15-7-4-3-5-8-15/h15-19H,2-14H2,1H3. The first-order valence-corrected chi connectivity index (χ1v) is 9.46. The minimum atomic E-state index is 0.548. The first-order valence-electron chi connectivity index (χ1n) is 9.46. The van der Waals surface area contributed by atoms with Crippen LogP contribution in [0.25, 0.3) is 0 Å². The van der Waals surface area contributed by atoms with Crippen molar-refractivity contribution in [2.45, 2.75) is 82.9 Å². The zero-order valence-corrected chi connectivity index (χ0v) is 13.9. The number of nitrogens with zero attached hydrogens (tertiary/aromatic N) is 1. The average Bonchev–Trinajstić information content (AvgIpc) is 3.07. The van der Waals surface area contributed by atoms with E-state index < -0.39 is 0 Å². The van der Waals surface area contributed by atoms with E-state index in [0.717, 1.165) is 18.6 Å². The molecule has 3 unspecified atom stereocenters. The Morgan fingerprint density at radius 2 is 1.95 bits per heavy atom. The van der Waals surface area contributed by atoms with E-state index in [1.54, 1.807) is 0 Å². The van der Waals surface area contributed by atoms with Gasteiger partial charge in [0.2, 0.25) is 0 Å². The third-order valence-corrected chi connectivity index (χ3v) is 5.99. The van der Waals surface area contributed by atoms with Gasteiger partial charge in [-0.2, -0.15) is 0 Å². The molecule has 21 heavy (non-hydrogen) atoms. The van der Waals surface area contributed by atoms with E-state index in [0.29, 0.717) is 12.1 Å². The van der Waals surface area contributed by atoms with E-state index in [2.05, 4.69) is 17.1 Å². The van der Waals surface area contributed by atoms with Crippen molar-refractivity contribution in [1.29, 1.82) is 0 Å². The molecule has 122 valence electrons. The normalized spacial score (nSPS) is 36.1. The highest BCUT2D eigenvalue weighted by molar-refractivity contribution is 4.91. The maximum atomic E-state index is 5.84. The number of rotatable bonds is 5. The summed E-state index contributed by atoms with van der Waals surface area (Å²) < 4.78 is 5.84. The smallest absolute Gasteiger partial charge is 0.0588 e. The van der Waals surface area contributed by atoms with Crippen LogP contribution in [0.5, 0.6) is 0 Å².